The Labute approximate surface area is 177 Å². The molecule has 1 atom stereocenters. The number of fused-ring (bicyclic) bond motifs is 1. The lowest BCUT2D eigenvalue weighted by Gasteiger charge is -2.24. The van der Waals surface area contributed by atoms with E-state index in [0.717, 1.165) is 35.7 Å². The van der Waals surface area contributed by atoms with E-state index in [9.17, 15) is 9.18 Å². The fraction of sp³-hybridized carbons (Fsp3) is 0.227. The summed E-state index contributed by atoms with van der Waals surface area (Å²) in [7, 11) is 0. The number of imidazole rings is 1. The van der Waals surface area contributed by atoms with Crippen molar-refractivity contribution < 1.29 is 9.18 Å². The molecule has 1 aromatic carbocycles. The van der Waals surface area contributed by atoms with E-state index >= 15 is 0 Å². The summed E-state index contributed by atoms with van der Waals surface area (Å²) < 4.78 is 15.6. The summed E-state index contributed by atoms with van der Waals surface area (Å²) in [6.45, 7) is 2.57. The van der Waals surface area contributed by atoms with Crippen LogP contribution in [0.1, 0.15) is 28.4 Å². The number of benzene rings is 1. The lowest BCUT2D eigenvalue weighted by molar-refractivity contribution is 0.0926. The number of aromatic amines is 1. The monoisotopic (exact) mass is 417 g/mol. The maximum absolute atomic E-state index is 13.6. The van der Waals surface area contributed by atoms with Crippen molar-refractivity contribution in [3.63, 3.8) is 0 Å². The van der Waals surface area contributed by atoms with Gasteiger partial charge in [-0.25, -0.2) is 14.4 Å². The van der Waals surface area contributed by atoms with Crippen molar-refractivity contribution in [1.82, 2.24) is 35.0 Å². The smallest absolute Gasteiger partial charge is 0.270 e. The number of hydrogen-bond acceptors (Lipinski definition) is 5. The highest BCUT2D eigenvalue weighted by molar-refractivity contribution is 5.98. The van der Waals surface area contributed by atoms with Crippen LogP contribution in [0.25, 0.3) is 22.5 Å². The molecule has 1 aliphatic rings. The molecule has 4 aromatic rings. The Morgan fingerprint density at radius 3 is 2.97 bits per heavy atom. The van der Waals surface area contributed by atoms with Gasteiger partial charge < -0.3 is 9.88 Å². The van der Waals surface area contributed by atoms with E-state index < -0.39 is 0 Å². The summed E-state index contributed by atoms with van der Waals surface area (Å²) in [6, 6.07) is 6.33. The maximum atomic E-state index is 13.6. The van der Waals surface area contributed by atoms with Crippen LogP contribution in [-0.2, 0) is 13.0 Å². The van der Waals surface area contributed by atoms with Crippen LogP contribution in [0.3, 0.4) is 0 Å². The summed E-state index contributed by atoms with van der Waals surface area (Å²) in [5.74, 6) is 0.332. The third-order valence-electron chi connectivity index (χ3n) is 5.36. The Balaban J connectivity index is 1.32. The summed E-state index contributed by atoms with van der Waals surface area (Å²) >= 11 is 0. The molecule has 0 spiro atoms. The zero-order valence-electron chi connectivity index (χ0n) is 16.8. The van der Waals surface area contributed by atoms with E-state index in [4.69, 9.17) is 0 Å². The molecule has 0 radical (unpaired) electrons. The van der Waals surface area contributed by atoms with Gasteiger partial charge in [0.2, 0.25) is 0 Å². The van der Waals surface area contributed by atoms with Crippen LogP contribution in [0, 0.1) is 12.7 Å². The average Bonchev–Trinajstić information content (AvgIpc) is 3.41. The number of nitrogens with one attached hydrogen (secondary N) is 2. The Morgan fingerprint density at radius 2 is 2.13 bits per heavy atom. The highest BCUT2D eigenvalue weighted by Crippen LogP contribution is 2.24. The zero-order chi connectivity index (χ0) is 21.4. The van der Waals surface area contributed by atoms with E-state index in [-0.39, 0.29) is 17.8 Å². The predicted octanol–water partition coefficient (Wildman–Crippen LogP) is 2.92. The molecule has 0 saturated heterocycles. The fourth-order valence-electron chi connectivity index (χ4n) is 3.84. The molecule has 31 heavy (non-hydrogen) atoms. The minimum atomic E-state index is -0.290. The van der Waals surface area contributed by atoms with Crippen molar-refractivity contribution in [3.05, 3.63) is 72.1 Å². The van der Waals surface area contributed by atoms with Crippen LogP contribution in [0.2, 0.25) is 0 Å². The molecular formula is C22H20FN7O. The number of rotatable bonds is 4. The van der Waals surface area contributed by atoms with Gasteiger partial charge in [0.1, 0.15) is 17.3 Å². The van der Waals surface area contributed by atoms with Crippen LogP contribution < -0.4 is 5.32 Å². The third kappa shape index (κ3) is 3.81. The van der Waals surface area contributed by atoms with Crippen molar-refractivity contribution in [1.29, 1.82) is 0 Å². The van der Waals surface area contributed by atoms with Crippen LogP contribution >= 0.6 is 0 Å². The molecule has 9 heteroatoms. The van der Waals surface area contributed by atoms with Crippen molar-refractivity contribution >= 4 is 5.91 Å². The number of carbonyl (C=O) groups is 1. The van der Waals surface area contributed by atoms with Gasteiger partial charge in [-0.15, -0.1) is 0 Å². The number of hydrogen-bond donors (Lipinski definition) is 2. The number of H-pyrrole nitrogens is 1. The molecule has 0 bridgehead atoms. The van der Waals surface area contributed by atoms with Gasteiger partial charge in [0.05, 0.1) is 35.0 Å². The van der Waals surface area contributed by atoms with Gasteiger partial charge in [0.15, 0.2) is 0 Å². The minimum Gasteiger partial charge on any atom is -0.347 e. The molecule has 1 amide bonds. The summed E-state index contributed by atoms with van der Waals surface area (Å²) in [5.41, 5.74) is 3.80. The van der Waals surface area contributed by atoms with Gasteiger partial charge in [0, 0.05) is 37.0 Å². The third-order valence-corrected chi connectivity index (χ3v) is 5.36. The SMILES string of the molecule is Cc1cncc(-c2cn[nH]c2C(=O)NC2CCn3cc(-c4cccc(F)c4)nc3C2)n1. The summed E-state index contributed by atoms with van der Waals surface area (Å²) in [4.78, 5) is 26.2. The van der Waals surface area contributed by atoms with E-state index in [1.807, 2.05) is 19.2 Å². The molecule has 0 saturated carbocycles. The summed E-state index contributed by atoms with van der Waals surface area (Å²) in [6.07, 6.45) is 8.15. The van der Waals surface area contributed by atoms with Gasteiger partial charge in [-0.3, -0.25) is 14.9 Å². The topological polar surface area (TPSA) is 101 Å². The lowest BCUT2D eigenvalue weighted by Crippen LogP contribution is -2.40. The lowest BCUT2D eigenvalue weighted by atomic mass is 10.1. The number of carbonyl (C=O) groups excluding carboxylic acids is 1. The molecule has 2 N–H and O–H groups in total. The zero-order valence-corrected chi connectivity index (χ0v) is 16.8. The van der Waals surface area contributed by atoms with Gasteiger partial charge in [-0.2, -0.15) is 5.10 Å². The molecule has 5 rings (SSSR count). The number of aromatic nitrogens is 6. The highest BCUT2D eigenvalue weighted by Gasteiger charge is 2.25. The van der Waals surface area contributed by atoms with E-state index in [1.54, 1.807) is 24.7 Å². The largest absolute Gasteiger partial charge is 0.347 e. The Morgan fingerprint density at radius 1 is 1.23 bits per heavy atom. The minimum absolute atomic E-state index is 0.0671. The molecule has 4 heterocycles. The molecular weight excluding hydrogens is 397 g/mol. The highest BCUT2D eigenvalue weighted by atomic mass is 19.1. The Hall–Kier alpha value is -3.88. The second-order valence-electron chi connectivity index (χ2n) is 7.61. The second-order valence-corrected chi connectivity index (χ2v) is 7.61. The first kappa shape index (κ1) is 19.1. The van der Waals surface area contributed by atoms with Gasteiger partial charge in [-0.05, 0) is 25.5 Å². The van der Waals surface area contributed by atoms with Crippen LogP contribution in [0.5, 0.6) is 0 Å². The molecule has 156 valence electrons. The summed E-state index contributed by atoms with van der Waals surface area (Å²) in [5, 5.41) is 9.87. The van der Waals surface area contributed by atoms with Crippen molar-refractivity contribution in [2.24, 2.45) is 0 Å². The fourth-order valence-corrected chi connectivity index (χ4v) is 3.84. The number of nitrogens with zero attached hydrogens (tertiary/aromatic N) is 5. The maximum Gasteiger partial charge on any atom is 0.270 e. The van der Waals surface area contributed by atoms with E-state index in [0.29, 0.717) is 23.4 Å². The molecule has 1 unspecified atom stereocenters. The van der Waals surface area contributed by atoms with Gasteiger partial charge >= 0.3 is 0 Å². The molecule has 3 aromatic heterocycles. The van der Waals surface area contributed by atoms with Crippen molar-refractivity contribution in [2.75, 3.05) is 0 Å². The molecule has 1 aliphatic heterocycles. The standard InChI is InChI=1S/C22H20FN7O/c1-13-9-24-11-18(26-13)17-10-25-29-21(17)22(31)27-16-5-6-30-12-19(28-20(30)8-16)14-3-2-4-15(23)7-14/h2-4,7,9-12,16H,5-6,8H2,1H3,(H,25,29)(H,27,31). The molecule has 0 fully saturated rings. The van der Waals surface area contributed by atoms with Crippen molar-refractivity contribution in [3.8, 4) is 22.5 Å². The molecule has 0 aliphatic carbocycles. The Bertz CT molecular complexity index is 1260. The van der Waals surface area contributed by atoms with Crippen LogP contribution in [0.15, 0.2) is 49.1 Å². The van der Waals surface area contributed by atoms with Crippen molar-refractivity contribution in [2.45, 2.75) is 32.4 Å². The Kier molecular flexibility index (Phi) is 4.78. The van der Waals surface area contributed by atoms with Crippen LogP contribution in [-0.4, -0.2) is 41.7 Å². The van der Waals surface area contributed by atoms with Crippen LogP contribution in [0.4, 0.5) is 4.39 Å². The van der Waals surface area contributed by atoms with Gasteiger partial charge in [0.25, 0.3) is 5.91 Å². The van der Waals surface area contributed by atoms with E-state index in [1.165, 1.54) is 12.1 Å². The second kappa shape index (κ2) is 7.75. The van der Waals surface area contributed by atoms with Gasteiger partial charge in [-0.1, -0.05) is 12.1 Å². The van der Waals surface area contributed by atoms with E-state index in [2.05, 4.69) is 35.0 Å². The first-order valence-electron chi connectivity index (χ1n) is 10.0. The number of halogens is 1. The average molecular weight is 417 g/mol. The molecule has 8 nitrogen and oxygen atoms in total. The predicted molar refractivity (Wildman–Crippen MR) is 112 cm³/mol. The number of aryl methyl sites for hydroxylation is 2. The first-order chi connectivity index (χ1) is 15.1. The normalized spacial score (nSPS) is 15.5. The first-order valence-corrected chi connectivity index (χ1v) is 10.0. The number of amides is 1. The quantitative estimate of drug-likeness (QED) is 0.532.